The molecule has 4 nitrogen and oxygen atoms in total. The number of hydrogen-bond acceptors (Lipinski definition) is 3. The molecule has 2 aliphatic heterocycles. The van der Waals surface area contributed by atoms with Gasteiger partial charge in [0.15, 0.2) is 0 Å². The van der Waals surface area contributed by atoms with Gasteiger partial charge in [-0.15, -0.1) is 0 Å². The van der Waals surface area contributed by atoms with Crippen LogP contribution in [0.5, 0.6) is 5.75 Å². The molecule has 1 atom stereocenters. The lowest BCUT2D eigenvalue weighted by Gasteiger charge is -2.25. The third-order valence-corrected chi connectivity index (χ3v) is 5.11. The highest BCUT2D eigenvalue weighted by atomic mass is 16.5. The molecule has 0 aliphatic carbocycles. The van der Waals surface area contributed by atoms with Gasteiger partial charge in [0.25, 0.3) is 0 Å². The number of aromatic amines is 1. The molecule has 0 bridgehead atoms. The largest absolute Gasteiger partial charge is 0.488 e. The average Bonchev–Trinajstić information content (AvgIpc) is 3.28. The Bertz CT molecular complexity index is 945. The summed E-state index contributed by atoms with van der Waals surface area (Å²) >= 11 is 0. The number of hydrogen-bond donors (Lipinski definition) is 1. The van der Waals surface area contributed by atoms with Crippen molar-refractivity contribution in [3.05, 3.63) is 89.1 Å². The highest BCUT2D eigenvalue weighted by Gasteiger charge is 2.25. The lowest BCUT2D eigenvalue weighted by atomic mass is 10.0. The summed E-state index contributed by atoms with van der Waals surface area (Å²) in [5.41, 5.74) is 6.23. The van der Waals surface area contributed by atoms with E-state index < -0.39 is 0 Å². The second-order valence-corrected chi connectivity index (χ2v) is 7.06. The molecule has 2 aromatic carbocycles. The Labute approximate surface area is 153 Å². The van der Waals surface area contributed by atoms with Gasteiger partial charge in [-0.25, -0.2) is 4.98 Å². The minimum atomic E-state index is 0.200. The van der Waals surface area contributed by atoms with E-state index in [1.165, 1.54) is 22.4 Å². The minimum absolute atomic E-state index is 0.200. The molecule has 1 N–H and O–H groups in total. The Hall–Kier alpha value is -3.01. The van der Waals surface area contributed by atoms with Gasteiger partial charge in [0.1, 0.15) is 11.9 Å². The van der Waals surface area contributed by atoms with Crippen molar-refractivity contribution in [1.82, 2.24) is 14.9 Å². The Morgan fingerprint density at radius 3 is 2.96 bits per heavy atom. The smallest absolute Gasteiger partial charge is 0.123 e. The van der Waals surface area contributed by atoms with E-state index >= 15 is 0 Å². The van der Waals surface area contributed by atoms with Gasteiger partial charge in [-0.2, -0.15) is 0 Å². The summed E-state index contributed by atoms with van der Waals surface area (Å²) in [6.45, 7) is 1.75. The molecule has 1 unspecified atom stereocenters. The zero-order chi connectivity index (χ0) is 17.3. The minimum Gasteiger partial charge on any atom is -0.488 e. The van der Waals surface area contributed by atoms with Gasteiger partial charge in [0.05, 0.1) is 30.8 Å². The highest BCUT2D eigenvalue weighted by Crippen LogP contribution is 2.31. The van der Waals surface area contributed by atoms with Crippen molar-refractivity contribution < 1.29 is 4.74 Å². The van der Waals surface area contributed by atoms with E-state index in [4.69, 9.17) is 4.74 Å². The molecule has 2 aliphatic rings. The van der Waals surface area contributed by atoms with Crippen molar-refractivity contribution in [1.29, 1.82) is 0 Å². The van der Waals surface area contributed by atoms with E-state index in [2.05, 4.69) is 75.7 Å². The second-order valence-electron chi connectivity index (χ2n) is 7.06. The molecule has 3 aromatic rings. The number of nitrogens with one attached hydrogen (secondary N) is 1. The fourth-order valence-corrected chi connectivity index (χ4v) is 3.84. The molecular weight excluding hydrogens is 322 g/mol. The predicted molar refractivity (Wildman–Crippen MR) is 102 cm³/mol. The Morgan fingerprint density at radius 2 is 2.04 bits per heavy atom. The van der Waals surface area contributed by atoms with Gasteiger partial charge in [-0.05, 0) is 35.3 Å². The van der Waals surface area contributed by atoms with Gasteiger partial charge in [-0.1, -0.05) is 42.5 Å². The molecule has 26 heavy (non-hydrogen) atoms. The summed E-state index contributed by atoms with van der Waals surface area (Å²) in [5, 5.41) is 0. The molecule has 0 amide bonds. The molecule has 0 radical (unpaired) electrons. The number of nitrogens with zero attached hydrogens (tertiary/aromatic N) is 2. The van der Waals surface area contributed by atoms with Crippen LogP contribution in [-0.2, 0) is 19.4 Å². The fourth-order valence-electron chi connectivity index (χ4n) is 3.84. The first-order valence-corrected chi connectivity index (χ1v) is 9.10. The number of rotatable bonds is 4. The predicted octanol–water partition coefficient (Wildman–Crippen LogP) is 3.79. The number of H-pyrrole nitrogens is 1. The zero-order valence-electron chi connectivity index (χ0n) is 14.6. The van der Waals surface area contributed by atoms with Crippen LogP contribution >= 0.6 is 0 Å². The van der Waals surface area contributed by atoms with Gasteiger partial charge >= 0.3 is 0 Å². The van der Waals surface area contributed by atoms with E-state index in [1.54, 1.807) is 6.33 Å². The first-order valence-electron chi connectivity index (χ1n) is 9.10. The normalized spacial score (nSPS) is 17.7. The van der Waals surface area contributed by atoms with Crippen molar-refractivity contribution >= 4 is 6.08 Å². The second kappa shape index (κ2) is 6.37. The molecule has 4 heteroatoms. The van der Waals surface area contributed by atoms with Crippen LogP contribution in [0.25, 0.3) is 6.08 Å². The monoisotopic (exact) mass is 343 g/mol. The topological polar surface area (TPSA) is 41.1 Å². The molecule has 0 saturated carbocycles. The summed E-state index contributed by atoms with van der Waals surface area (Å²) in [6.07, 6.45) is 8.08. The van der Waals surface area contributed by atoms with Gasteiger partial charge in [0.2, 0.25) is 0 Å². The molecule has 3 heterocycles. The summed E-state index contributed by atoms with van der Waals surface area (Å²) in [5.74, 6) is 1.04. The summed E-state index contributed by atoms with van der Waals surface area (Å²) in [4.78, 5) is 9.81. The van der Waals surface area contributed by atoms with Crippen molar-refractivity contribution in [2.24, 2.45) is 0 Å². The SMILES string of the molecule is C1=CN(CC2Cc3cc(Cc4ccccc4)ccc3O2)Cc2[nH]cnc21. The van der Waals surface area contributed by atoms with Crippen LogP contribution in [0.4, 0.5) is 0 Å². The lowest BCUT2D eigenvalue weighted by molar-refractivity contribution is 0.176. The van der Waals surface area contributed by atoms with Crippen molar-refractivity contribution in [3.63, 3.8) is 0 Å². The van der Waals surface area contributed by atoms with Gasteiger partial charge in [-0.3, -0.25) is 0 Å². The first kappa shape index (κ1) is 15.3. The summed E-state index contributed by atoms with van der Waals surface area (Å²) in [6, 6.07) is 17.2. The standard InChI is InChI=1S/C22H21N3O/c1-2-4-16(5-3-1)10-17-6-7-22-18(11-17)12-19(26-22)13-25-9-8-20-21(14-25)24-15-23-20/h1-9,11,15,19H,10,12-14H2,(H,23,24). The molecule has 0 spiro atoms. The van der Waals surface area contributed by atoms with Crippen LogP contribution in [0.2, 0.25) is 0 Å². The van der Waals surface area contributed by atoms with Gasteiger partial charge < -0.3 is 14.6 Å². The summed E-state index contributed by atoms with van der Waals surface area (Å²) in [7, 11) is 0. The number of imidazole rings is 1. The molecule has 5 rings (SSSR count). The number of aromatic nitrogens is 2. The van der Waals surface area contributed by atoms with Crippen molar-refractivity contribution in [3.8, 4) is 5.75 Å². The maximum atomic E-state index is 6.18. The molecule has 1 aromatic heterocycles. The Kier molecular flexibility index (Phi) is 3.74. The quantitative estimate of drug-likeness (QED) is 0.784. The van der Waals surface area contributed by atoms with Crippen LogP contribution in [-0.4, -0.2) is 27.5 Å². The van der Waals surface area contributed by atoms with Crippen LogP contribution in [0.15, 0.2) is 61.1 Å². The highest BCUT2D eigenvalue weighted by molar-refractivity contribution is 5.49. The zero-order valence-corrected chi connectivity index (χ0v) is 14.6. The van der Waals surface area contributed by atoms with Crippen LogP contribution in [0, 0.1) is 0 Å². The van der Waals surface area contributed by atoms with E-state index in [0.29, 0.717) is 0 Å². The van der Waals surface area contributed by atoms with Crippen LogP contribution < -0.4 is 4.74 Å². The fraction of sp³-hybridized carbons (Fsp3) is 0.227. The maximum Gasteiger partial charge on any atom is 0.123 e. The molecule has 0 saturated heterocycles. The van der Waals surface area contributed by atoms with Crippen LogP contribution in [0.3, 0.4) is 0 Å². The van der Waals surface area contributed by atoms with E-state index in [1.807, 2.05) is 0 Å². The van der Waals surface area contributed by atoms with E-state index in [9.17, 15) is 0 Å². The Balaban J connectivity index is 1.25. The number of fused-ring (bicyclic) bond motifs is 2. The van der Waals surface area contributed by atoms with Crippen LogP contribution in [0.1, 0.15) is 28.1 Å². The van der Waals surface area contributed by atoms with Crippen molar-refractivity contribution in [2.45, 2.75) is 25.5 Å². The maximum absolute atomic E-state index is 6.18. The number of benzene rings is 2. The van der Waals surface area contributed by atoms with E-state index in [-0.39, 0.29) is 6.10 Å². The number of ether oxygens (including phenoxy) is 1. The van der Waals surface area contributed by atoms with Gasteiger partial charge in [0, 0.05) is 12.6 Å². The summed E-state index contributed by atoms with van der Waals surface area (Å²) < 4.78 is 6.18. The molecule has 0 fully saturated rings. The van der Waals surface area contributed by atoms with Crippen molar-refractivity contribution in [2.75, 3.05) is 6.54 Å². The lowest BCUT2D eigenvalue weighted by Crippen LogP contribution is -2.32. The molecular formula is C22H21N3O. The molecule has 130 valence electrons. The van der Waals surface area contributed by atoms with E-state index in [0.717, 1.165) is 37.4 Å². The first-order chi connectivity index (χ1) is 12.8. The third kappa shape index (κ3) is 2.99. The third-order valence-electron chi connectivity index (χ3n) is 5.11. The average molecular weight is 343 g/mol. The Morgan fingerprint density at radius 1 is 1.12 bits per heavy atom.